The lowest BCUT2D eigenvalue weighted by Crippen LogP contribution is -2.55. The fourth-order valence-electron chi connectivity index (χ4n) is 2.61. The molecule has 0 aromatic carbocycles. The largest absolute Gasteiger partial charge is 0.305 e. The van der Waals surface area contributed by atoms with E-state index in [9.17, 15) is 0 Å². The van der Waals surface area contributed by atoms with Crippen LogP contribution in [0.25, 0.3) is 0 Å². The van der Waals surface area contributed by atoms with Crippen LogP contribution in [0.1, 0.15) is 11.3 Å². The van der Waals surface area contributed by atoms with Gasteiger partial charge in [0.2, 0.25) is 0 Å². The van der Waals surface area contributed by atoms with Crippen LogP contribution in [0.5, 0.6) is 0 Å². The van der Waals surface area contributed by atoms with Crippen molar-refractivity contribution in [2.45, 2.75) is 24.9 Å². The Morgan fingerprint density at radius 2 is 2.39 bits per heavy atom. The lowest BCUT2D eigenvalue weighted by atomic mass is 10.0. The van der Waals surface area contributed by atoms with Crippen LogP contribution in [-0.4, -0.2) is 60.6 Å². The zero-order valence-electron chi connectivity index (χ0n) is 11.2. The summed E-state index contributed by atoms with van der Waals surface area (Å²) < 4.78 is 0. The molecule has 0 amide bonds. The second-order valence-electron chi connectivity index (χ2n) is 5.11. The summed E-state index contributed by atoms with van der Waals surface area (Å²) in [6.07, 6.45) is 4.11. The first kappa shape index (κ1) is 13.9. The van der Waals surface area contributed by atoms with Crippen molar-refractivity contribution in [3.8, 4) is 0 Å². The SMILES string of the molecule is CN1CCCN(C)C(C(Cc2cncs2)NN)C1. The maximum atomic E-state index is 5.77. The molecule has 2 heterocycles. The second kappa shape index (κ2) is 6.58. The van der Waals surface area contributed by atoms with Gasteiger partial charge in [0.1, 0.15) is 0 Å². The Labute approximate surface area is 113 Å². The molecule has 0 bridgehead atoms. The van der Waals surface area contributed by atoms with E-state index >= 15 is 0 Å². The van der Waals surface area contributed by atoms with Crippen molar-refractivity contribution >= 4 is 11.3 Å². The van der Waals surface area contributed by atoms with Gasteiger partial charge in [-0.1, -0.05) is 0 Å². The number of hydrazine groups is 1. The maximum absolute atomic E-state index is 5.77. The Morgan fingerprint density at radius 1 is 1.56 bits per heavy atom. The number of hydrogen-bond donors (Lipinski definition) is 2. The molecule has 0 saturated carbocycles. The predicted molar refractivity (Wildman–Crippen MR) is 75.5 cm³/mol. The fraction of sp³-hybridized carbons (Fsp3) is 0.750. The average molecular weight is 269 g/mol. The number of thiazole rings is 1. The molecule has 3 N–H and O–H groups in total. The van der Waals surface area contributed by atoms with Crippen LogP contribution in [0.2, 0.25) is 0 Å². The number of likely N-dealkylation sites (N-methyl/N-ethyl adjacent to an activating group) is 2. The summed E-state index contributed by atoms with van der Waals surface area (Å²) in [4.78, 5) is 10.2. The molecule has 0 radical (unpaired) electrons. The Morgan fingerprint density at radius 3 is 3.06 bits per heavy atom. The van der Waals surface area contributed by atoms with Crippen molar-refractivity contribution in [2.75, 3.05) is 33.7 Å². The van der Waals surface area contributed by atoms with Crippen LogP contribution in [-0.2, 0) is 6.42 Å². The van der Waals surface area contributed by atoms with Crippen LogP contribution >= 0.6 is 11.3 Å². The van der Waals surface area contributed by atoms with Crippen LogP contribution < -0.4 is 11.3 Å². The number of rotatable bonds is 4. The molecule has 0 aliphatic carbocycles. The van der Waals surface area contributed by atoms with Crippen molar-refractivity contribution in [2.24, 2.45) is 5.84 Å². The predicted octanol–water partition coefficient (Wildman–Crippen LogP) is 0.153. The third-order valence-electron chi connectivity index (χ3n) is 3.70. The Bertz CT molecular complexity index is 342. The highest BCUT2D eigenvalue weighted by atomic mass is 32.1. The first-order chi connectivity index (χ1) is 8.70. The summed E-state index contributed by atoms with van der Waals surface area (Å²) in [6, 6.07) is 0.723. The highest BCUT2D eigenvalue weighted by molar-refractivity contribution is 7.09. The average Bonchev–Trinajstić information content (AvgIpc) is 2.80. The van der Waals surface area contributed by atoms with E-state index in [0.717, 1.165) is 19.5 Å². The molecule has 2 rings (SSSR count). The minimum atomic E-state index is 0.274. The molecule has 5 nitrogen and oxygen atoms in total. The molecular formula is C12H23N5S. The number of aromatic nitrogens is 1. The summed E-state index contributed by atoms with van der Waals surface area (Å²) in [7, 11) is 4.38. The summed E-state index contributed by atoms with van der Waals surface area (Å²) in [5.74, 6) is 5.77. The van der Waals surface area contributed by atoms with Gasteiger partial charge in [0.25, 0.3) is 0 Å². The minimum Gasteiger partial charge on any atom is -0.305 e. The van der Waals surface area contributed by atoms with Gasteiger partial charge < -0.3 is 9.80 Å². The molecule has 1 aromatic rings. The standard InChI is InChI=1S/C12H23N5S/c1-16-4-3-5-17(2)12(8-16)11(15-13)6-10-7-14-9-18-10/h7,9,11-12,15H,3-6,8,13H2,1-2H3. The lowest BCUT2D eigenvalue weighted by molar-refractivity contribution is 0.177. The molecule has 1 fully saturated rings. The number of nitrogens with zero attached hydrogens (tertiary/aromatic N) is 3. The van der Waals surface area contributed by atoms with E-state index in [-0.39, 0.29) is 6.04 Å². The van der Waals surface area contributed by atoms with E-state index in [2.05, 4.69) is 34.3 Å². The van der Waals surface area contributed by atoms with E-state index in [1.54, 1.807) is 11.3 Å². The van der Waals surface area contributed by atoms with Crippen LogP contribution in [0.15, 0.2) is 11.7 Å². The normalized spacial score (nSPS) is 24.9. The molecule has 2 unspecified atom stereocenters. The van der Waals surface area contributed by atoms with Gasteiger partial charge in [0.15, 0.2) is 0 Å². The summed E-state index contributed by atoms with van der Waals surface area (Å²) in [6.45, 7) is 3.36. The number of nitrogens with two attached hydrogens (primary N) is 1. The first-order valence-corrected chi connectivity index (χ1v) is 7.31. The molecule has 18 heavy (non-hydrogen) atoms. The highest BCUT2D eigenvalue weighted by Gasteiger charge is 2.28. The van der Waals surface area contributed by atoms with Crippen LogP contribution in [0, 0.1) is 0 Å². The van der Waals surface area contributed by atoms with Gasteiger partial charge in [-0.25, -0.2) is 0 Å². The third-order valence-corrected chi connectivity index (χ3v) is 4.50. The van der Waals surface area contributed by atoms with Crippen LogP contribution in [0.4, 0.5) is 0 Å². The van der Waals surface area contributed by atoms with Crippen molar-refractivity contribution < 1.29 is 0 Å². The summed E-state index contributed by atoms with van der Waals surface area (Å²) in [5.41, 5.74) is 4.88. The van der Waals surface area contributed by atoms with Crippen molar-refractivity contribution in [3.05, 3.63) is 16.6 Å². The third kappa shape index (κ3) is 3.49. The van der Waals surface area contributed by atoms with E-state index in [1.165, 1.54) is 17.8 Å². The maximum Gasteiger partial charge on any atom is 0.0794 e. The molecular weight excluding hydrogens is 246 g/mol. The van der Waals surface area contributed by atoms with Gasteiger partial charge >= 0.3 is 0 Å². The smallest absolute Gasteiger partial charge is 0.0794 e. The fourth-order valence-corrected chi connectivity index (χ4v) is 3.26. The molecule has 2 atom stereocenters. The molecule has 102 valence electrons. The second-order valence-corrected chi connectivity index (χ2v) is 6.08. The van der Waals surface area contributed by atoms with Gasteiger partial charge in [-0.2, -0.15) is 0 Å². The molecule has 6 heteroatoms. The van der Waals surface area contributed by atoms with Gasteiger partial charge in [0, 0.05) is 36.1 Å². The molecule has 1 aliphatic rings. The zero-order valence-corrected chi connectivity index (χ0v) is 12.0. The van der Waals surface area contributed by atoms with Crippen molar-refractivity contribution in [1.82, 2.24) is 20.2 Å². The summed E-state index contributed by atoms with van der Waals surface area (Å²) in [5, 5.41) is 0. The molecule has 1 aliphatic heterocycles. The molecule has 1 saturated heterocycles. The zero-order chi connectivity index (χ0) is 13.0. The van der Waals surface area contributed by atoms with Gasteiger partial charge in [-0.05, 0) is 33.6 Å². The van der Waals surface area contributed by atoms with Gasteiger partial charge in [0.05, 0.1) is 5.51 Å². The van der Waals surface area contributed by atoms with E-state index in [4.69, 9.17) is 5.84 Å². The summed E-state index contributed by atoms with van der Waals surface area (Å²) >= 11 is 1.70. The molecule has 1 aromatic heterocycles. The highest BCUT2D eigenvalue weighted by Crippen LogP contribution is 2.16. The van der Waals surface area contributed by atoms with Gasteiger partial charge in [-0.15, -0.1) is 11.3 Å². The monoisotopic (exact) mass is 269 g/mol. The lowest BCUT2D eigenvalue weighted by Gasteiger charge is -2.34. The van der Waals surface area contributed by atoms with Crippen molar-refractivity contribution in [3.63, 3.8) is 0 Å². The Kier molecular flexibility index (Phi) is 5.08. The van der Waals surface area contributed by atoms with Crippen molar-refractivity contribution in [1.29, 1.82) is 0 Å². The number of nitrogens with one attached hydrogen (secondary N) is 1. The van der Waals surface area contributed by atoms with E-state index in [0.29, 0.717) is 6.04 Å². The topological polar surface area (TPSA) is 57.4 Å². The minimum absolute atomic E-state index is 0.274. The first-order valence-electron chi connectivity index (χ1n) is 6.43. The van der Waals surface area contributed by atoms with E-state index in [1.807, 2.05) is 11.7 Å². The van der Waals surface area contributed by atoms with E-state index < -0.39 is 0 Å². The Hall–Kier alpha value is -0.530. The van der Waals surface area contributed by atoms with Crippen LogP contribution in [0.3, 0.4) is 0 Å². The quantitative estimate of drug-likeness (QED) is 0.602. The number of hydrogen-bond acceptors (Lipinski definition) is 6. The van der Waals surface area contributed by atoms with Gasteiger partial charge in [-0.3, -0.25) is 16.3 Å². The Balaban J connectivity index is 2.04. The molecule has 0 spiro atoms.